The van der Waals surface area contributed by atoms with Crippen molar-refractivity contribution in [3.63, 3.8) is 0 Å². The Bertz CT molecular complexity index is 616. The van der Waals surface area contributed by atoms with Crippen LogP contribution in [0.4, 0.5) is 5.69 Å². The number of sulfonamides is 1. The first-order valence-electron chi connectivity index (χ1n) is 6.33. The van der Waals surface area contributed by atoms with E-state index in [0.29, 0.717) is 4.90 Å². The highest BCUT2D eigenvalue weighted by molar-refractivity contribution is 7.90. The Morgan fingerprint density at radius 2 is 2.05 bits per heavy atom. The van der Waals surface area contributed by atoms with Gasteiger partial charge in [0.1, 0.15) is 11.2 Å². The van der Waals surface area contributed by atoms with E-state index in [9.17, 15) is 8.42 Å². The van der Waals surface area contributed by atoms with E-state index in [1.807, 2.05) is 17.0 Å². The van der Waals surface area contributed by atoms with E-state index in [1.54, 1.807) is 12.1 Å². The van der Waals surface area contributed by atoms with Crippen molar-refractivity contribution in [2.24, 2.45) is 9.81 Å². The summed E-state index contributed by atoms with van der Waals surface area (Å²) >= 11 is 4.45. The molecular formula is C13H16N2O2S2. The van der Waals surface area contributed by atoms with E-state index in [1.165, 1.54) is 12.8 Å². The number of nitrogens with zero attached hydrogens (tertiary/aromatic N) is 2. The lowest BCUT2D eigenvalue weighted by atomic mass is 9.70. The first-order valence-corrected chi connectivity index (χ1v) is 8.41. The maximum absolute atomic E-state index is 11.9. The number of para-hydroxylation sites is 1. The molecule has 1 saturated carbocycles. The van der Waals surface area contributed by atoms with Crippen LogP contribution >= 0.6 is 12.6 Å². The average Bonchev–Trinajstić information content (AvgIpc) is 2.37. The summed E-state index contributed by atoms with van der Waals surface area (Å²) in [6, 6.07) is 7.03. The molecule has 0 aromatic heterocycles. The fourth-order valence-corrected chi connectivity index (χ4v) is 4.15. The lowest BCUT2D eigenvalue weighted by molar-refractivity contribution is 0.181. The predicted octanol–water partition coefficient (Wildman–Crippen LogP) is 2.32. The molecule has 0 spiro atoms. The van der Waals surface area contributed by atoms with Gasteiger partial charge in [-0.1, -0.05) is 18.6 Å². The minimum Gasteiger partial charge on any atom is -0.330 e. The zero-order chi connectivity index (χ0) is 13.5. The summed E-state index contributed by atoms with van der Waals surface area (Å²) in [6.45, 7) is 0.784. The molecule has 0 radical (unpaired) electrons. The fourth-order valence-electron chi connectivity index (χ4n) is 2.68. The van der Waals surface area contributed by atoms with Gasteiger partial charge in [-0.15, -0.1) is 4.40 Å². The van der Waals surface area contributed by atoms with Gasteiger partial charge in [0.05, 0.1) is 5.69 Å². The number of thiol groups is 1. The second kappa shape index (κ2) is 4.52. The Hall–Kier alpha value is -1.01. The van der Waals surface area contributed by atoms with Crippen LogP contribution in [0.2, 0.25) is 0 Å². The number of fused-ring (bicyclic) bond motifs is 1. The maximum atomic E-state index is 11.9. The van der Waals surface area contributed by atoms with Crippen molar-refractivity contribution in [2.75, 3.05) is 17.2 Å². The molecule has 0 bridgehead atoms. The smallest absolute Gasteiger partial charge is 0.285 e. The maximum Gasteiger partial charge on any atom is 0.285 e. The van der Waals surface area contributed by atoms with Crippen molar-refractivity contribution in [2.45, 2.75) is 24.2 Å². The average molecular weight is 296 g/mol. The van der Waals surface area contributed by atoms with Gasteiger partial charge in [-0.2, -0.15) is 21.0 Å². The van der Waals surface area contributed by atoms with Crippen LogP contribution in [-0.2, 0) is 10.0 Å². The molecule has 1 heterocycles. The second-order valence-corrected chi connectivity index (χ2v) is 7.22. The zero-order valence-electron chi connectivity index (χ0n) is 10.5. The van der Waals surface area contributed by atoms with Crippen molar-refractivity contribution >= 4 is 34.7 Å². The number of rotatable bonds is 3. The third kappa shape index (κ3) is 2.17. The van der Waals surface area contributed by atoms with Crippen LogP contribution in [0.15, 0.2) is 33.6 Å². The normalized spacial score (nSPS) is 22.7. The molecule has 1 aromatic carbocycles. The summed E-state index contributed by atoms with van der Waals surface area (Å²) in [5.74, 6) is 0.826. The van der Waals surface area contributed by atoms with Crippen LogP contribution in [0.1, 0.15) is 19.3 Å². The molecule has 0 N–H and O–H groups in total. The van der Waals surface area contributed by atoms with Gasteiger partial charge in [0.25, 0.3) is 10.0 Å². The van der Waals surface area contributed by atoms with Gasteiger partial charge in [0.15, 0.2) is 0 Å². The Balaban J connectivity index is 1.96. The van der Waals surface area contributed by atoms with E-state index in [-0.39, 0.29) is 5.41 Å². The van der Waals surface area contributed by atoms with Crippen LogP contribution in [-0.4, -0.2) is 27.1 Å². The summed E-state index contributed by atoms with van der Waals surface area (Å²) in [5.41, 5.74) is 0.925. The highest BCUT2D eigenvalue weighted by atomic mass is 32.2. The fraction of sp³-hybridized carbons (Fsp3) is 0.462. The van der Waals surface area contributed by atoms with Gasteiger partial charge in [-0.05, 0) is 36.1 Å². The van der Waals surface area contributed by atoms with E-state index < -0.39 is 10.0 Å². The van der Waals surface area contributed by atoms with Crippen molar-refractivity contribution < 1.29 is 8.42 Å². The van der Waals surface area contributed by atoms with Crippen molar-refractivity contribution in [3.05, 3.63) is 24.3 Å². The largest absolute Gasteiger partial charge is 0.330 e. The van der Waals surface area contributed by atoms with Crippen molar-refractivity contribution in [1.29, 1.82) is 0 Å². The number of benzene rings is 1. The first-order chi connectivity index (χ1) is 9.06. The highest BCUT2D eigenvalue weighted by Crippen LogP contribution is 2.44. The Morgan fingerprint density at radius 3 is 2.68 bits per heavy atom. The molecule has 4 nitrogen and oxygen atoms in total. The summed E-state index contributed by atoms with van der Waals surface area (Å²) < 4.78 is 27.5. The highest BCUT2D eigenvalue weighted by Gasteiger charge is 2.38. The van der Waals surface area contributed by atoms with Gasteiger partial charge >= 0.3 is 0 Å². The monoisotopic (exact) mass is 296 g/mol. The number of hydrogen-bond acceptors (Lipinski definition) is 4. The first kappa shape index (κ1) is 13.0. The Labute approximate surface area is 119 Å². The Morgan fingerprint density at radius 1 is 1.32 bits per heavy atom. The summed E-state index contributed by atoms with van der Waals surface area (Å²) in [6.07, 6.45) is 4.97. The molecule has 6 heteroatoms. The molecule has 0 saturated heterocycles. The van der Waals surface area contributed by atoms with Gasteiger partial charge in [0.2, 0.25) is 0 Å². The molecule has 1 aromatic rings. The van der Waals surface area contributed by atoms with Crippen LogP contribution in [0.25, 0.3) is 0 Å². The quantitative estimate of drug-likeness (QED) is 0.871. The SMILES string of the molecule is O=S1(=O)N=CN(CC2(CS)CCC2)c2ccccc21. The van der Waals surface area contributed by atoms with Crippen molar-refractivity contribution in [3.8, 4) is 0 Å². The molecule has 102 valence electrons. The molecule has 1 aliphatic carbocycles. The third-order valence-corrected chi connectivity index (χ3v) is 5.98. The lowest BCUT2D eigenvalue weighted by Crippen LogP contribution is -2.44. The van der Waals surface area contributed by atoms with Gasteiger partial charge in [0, 0.05) is 6.54 Å². The summed E-state index contributed by atoms with van der Waals surface area (Å²) in [7, 11) is -3.52. The van der Waals surface area contributed by atoms with E-state index in [0.717, 1.165) is 30.8 Å². The van der Waals surface area contributed by atoms with Gasteiger partial charge < -0.3 is 4.90 Å². The molecular weight excluding hydrogens is 280 g/mol. The third-order valence-electron chi connectivity index (χ3n) is 4.03. The topological polar surface area (TPSA) is 49.7 Å². The van der Waals surface area contributed by atoms with Gasteiger partial charge in [-0.25, -0.2) is 0 Å². The van der Waals surface area contributed by atoms with Crippen LogP contribution in [0.3, 0.4) is 0 Å². The van der Waals surface area contributed by atoms with Crippen LogP contribution < -0.4 is 4.90 Å². The minimum absolute atomic E-state index is 0.198. The molecule has 0 amide bonds. The minimum atomic E-state index is -3.52. The summed E-state index contributed by atoms with van der Waals surface area (Å²) in [4.78, 5) is 2.25. The number of hydrogen-bond donors (Lipinski definition) is 1. The van der Waals surface area contributed by atoms with Crippen LogP contribution in [0.5, 0.6) is 0 Å². The van der Waals surface area contributed by atoms with E-state index in [4.69, 9.17) is 0 Å². The molecule has 3 rings (SSSR count). The molecule has 1 fully saturated rings. The van der Waals surface area contributed by atoms with Crippen LogP contribution in [0, 0.1) is 5.41 Å². The second-order valence-electron chi connectivity index (χ2n) is 5.30. The molecule has 0 unspecified atom stereocenters. The molecule has 0 atom stereocenters. The lowest BCUT2D eigenvalue weighted by Gasteiger charge is -2.44. The molecule has 19 heavy (non-hydrogen) atoms. The van der Waals surface area contributed by atoms with Gasteiger partial charge in [-0.3, -0.25) is 0 Å². The van der Waals surface area contributed by atoms with E-state index in [2.05, 4.69) is 17.0 Å². The Kier molecular flexibility index (Phi) is 3.09. The molecule has 1 aliphatic heterocycles. The molecule has 2 aliphatic rings. The number of anilines is 1. The van der Waals surface area contributed by atoms with E-state index >= 15 is 0 Å². The summed E-state index contributed by atoms with van der Waals surface area (Å²) in [5, 5.41) is 0. The predicted molar refractivity (Wildman–Crippen MR) is 79.6 cm³/mol. The standard InChI is InChI=1S/C13H16N2O2S2/c16-19(17)12-5-2-1-4-11(12)15(10-14-19)8-13(9-18)6-3-7-13/h1-2,4-5,10,18H,3,6-9H2. The van der Waals surface area contributed by atoms with Crippen molar-refractivity contribution in [1.82, 2.24) is 0 Å². The zero-order valence-corrected chi connectivity index (χ0v) is 12.2.